The first-order valence-corrected chi connectivity index (χ1v) is 9.65. The number of carbonyl (C=O) groups is 3. The van der Waals surface area contributed by atoms with E-state index in [1.165, 1.54) is 0 Å². The highest BCUT2D eigenvalue weighted by Gasteiger charge is 2.39. The number of hydrazine groups is 1. The molecular formula is C22H30N2O5. The third kappa shape index (κ3) is 6.62. The van der Waals surface area contributed by atoms with Gasteiger partial charge < -0.3 is 9.47 Å². The van der Waals surface area contributed by atoms with Crippen molar-refractivity contribution in [1.29, 1.82) is 0 Å². The number of hydrogen-bond acceptors (Lipinski definition) is 5. The van der Waals surface area contributed by atoms with Gasteiger partial charge in [-0.2, -0.15) is 0 Å². The summed E-state index contributed by atoms with van der Waals surface area (Å²) >= 11 is 0. The molecule has 2 rings (SSSR count). The van der Waals surface area contributed by atoms with Crippen molar-refractivity contribution in [2.24, 2.45) is 5.92 Å². The Kier molecular flexibility index (Phi) is 6.72. The Labute approximate surface area is 172 Å². The molecule has 0 aromatic heterocycles. The Morgan fingerprint density at radius 1 is 0.966 bits per heavy atom. The standard InChI is InChI=1S/C22H30N2O5/c1-21(2,3)28-19(26)23-24(20(27)29-22(4,5)6)17-14-10-13-16(17)18(25)15-11-8-7-9-12-15/h7-13,16-17H,14H2,1-6H3,(H,23,26)/t16-,17-/m0/s1. The van der Waals surface area contributed by atoms with Crippen LogP contribution in [0.15, 0.2) is 42.5 Å². The zero-order chi connectivity index (χ0) is 21.8. The molecule has 7 heteroatoms. The summed E-state index contributed by atoms with van der Waals surface area (Å²) in [6, 6.07) is 8.23. The van der Waals surface area contributed by atoms with Gasteiger partial charge in [0.15, 0.2) is 5.78 Å². The molecule has 1 N–H and O–H groups in total. The number of amides is 2. The molecule has 0 spiro atoms. The normalized spacial score (nSPS) is 18.8. The quantitative estimate of drug-likeness (QED) is 0.457. The lowest BCUT2D eigenvalue weighted by Crippen LogP contribution is -2.56. The maximum Gasteiger partial charge on any atom is 0.429 e. The molecule has 0 bridgehead atoms. The molecule has 2 amide bonds. The summed E-state index contributed by atoms with van der Waals surface area (Å²) in [5, 5.41) is 1.07. The highest BCUT2D eigenvalue weighted by Crippen LogP contribution is 2.28. The van der Waals surface area contributed by atoms with Crippen molar-refractivity contribution < 1.29 is 23.9 Å². The number of Topliss-reactive ketones (excluding diaryl/α,β-unsaturated/α-hetero) is 1. The molecule has 1 aromatic rings. The zero-order valence-electron chi connectivity index (χ0n) is 17.9. The smallest absolute Gasteiger partial charge is 0.429 e. The SMILES string of the molecule is CC(C)(C)OC(=O)NN(C(=O)OC(C)(C)C)[C@H]1CC=C[C@@H]1C(=O)c1ccccc1. The molecule has 7 nitrogen and oxygen atoms in total. The van der Waals surface area contributed by atoms with Gasteiger partial charge in [-0.3, -0.25) is 4.79 Å². The van der Waals surface area contributed by atoms with Crippen molar-refractivity contribution >= 4 is 18.0 Å². The lowest BCUT2D eigenvalue weighted by Gasteiger charge is -2.34. The number of nitrogens with one attached hydrogen (secondary N) is 1. The van der Waals surface area contributed by atoms with Crippen LogP contribution in [0.1, 0.15) is 58.3 Å². The van der Waals surface area contributed by atoms with Gasteiger partial charge in [-0.25, -0.2) is 20.0 Å². The largest absolute Gasteiger partial charge is 0.443 e. The highest BCUT2D eigenvalue weighted by atomic mass is 16.6. The maximum absolute atomic E-state index is 13.0. The topological polar surface area (TPSA) is 84.9 Å². The molecule has 29 heavy (non-hydrogen) atoms. The van der Waals surface area contributed by atoms with Crippen molar-refractivity contribution in [2.45, 2.75) is 65.2 Å². The van der Waals surface area contributed by atoms with E-state index in [-0.39, 0.29) is 5.78 Å². The van der Waals surface area contributed by atoms with Crippen molar-refractivity contribution in [3.05, 3.63) is 48.0 Å². The average molecular weight is 402 g/mol. The Bertz CT molecular complexity index is 775. The molecule has 0 saturated heterocycles. The molecule has 0 fully saturated rings. The minimum Gasteiger partial charge on any atom is -0.443 e. The number of ketones is 1. The Morgan fingerprint density at radius 2 is 1.55 bits per heavy atom. The molecule has 158 valence electrons. The van der Waals surface area contributed by atoms with Crippen molar-refractivity contribution in [2.75, 3.05) is 0 Å². The van der Waals surface area contributed by atoms with E-state index in [9.17, 15) is 14.4 Å². The number of carbonyl (C=O) groups excluding carboxylic acids is 3. The molecule has 0 unspecified atom stereocenters. The van der Waals surface area contributed by atoms with Crippen LogP contribution in [0.5, 0.6) is 0 Å². The summed E-state index contributed by atoms with van der Waals surface area (Å²) in [6.07, 6.45) is 2.44. The second kappa shape index (κ2) is 8.68. The van der Waals surface area contributed by atoms with Crippen LogP contribution in [-0.2, 0) is 9.47 Å². The number of hydrogen-bond donors (Lipinski definition) is 1. The monoisotopic (exact) mass is 402 g/mol. The van der Waals surface area contributed by atoms with Crippen LogP contribution in [0, 0.1) is 5.92 Å². The number of benzene rings is 1. The van der Waals surface area contributed by atoms with E-state index in [4.69, 9.17) is 9.47 Å². The zero-order valence-corrected chi connectivity index (χ0v) is 17.9. The Morgan fingerprint density at radius 3 is 2.10 bits per heavy atom. The molecular weight excluding hydrogens is 372 g/mol. The maximum atomic E-state index is 13.0. The second-order valence-electron chi connectivity index (χ2n) is 8.95. The van der Waals surface area contributed by atoms with Gasteiger partial charge >= 0.3 is 12.2 Å². The van der Waals surface area contributed by atoms with Crippen LogP contribution < -0.4 is 5.43 Å². The summed E-state index contributed by atoms with van der Waals surface area (Å²) in [5.74, 6) is -0.747. The van der Waals surface area contributed by atoms with Crippen molar-refractivity contribution in [3.63, 3.8) is 0 Å². The van der Waals surface area contributed by atoms with Crippen LogP contribution in [0.3, 0.4) is 0 Å². The first-order valence-electron chi connectivity index (χ1n) is 9.65. The highest BCUT2D eigenvalue weighted by molar-refractivity contribution is 6.00. The molecule has 0 aliphatic heterocycles. The summed E-state index contributed by atoms with van der Waals surface area (Å²) in [7, 11) is 0. The van der Waals surface area contributed by atoms with E-state index in [2.05, 4.69) is 5.43 Å². The number of rotatable bonds is 3. The van der Waals surface area contributed by atoms with E-state index in [1.54, 1.807) is 71.9 Å². The van der Waals surface area contributed by atoms with Gasteiger partial charge in [-0.05, 0) is 48.0 Å². The summed E-state index contributed by atoms with van der Waals surface area (Å²) in [6.45, 7) is 10.4. The van der Waals surface area contributed by atoms with Crippen molar-refractivity contribution in [1.82, 2.24) is 10.4 Å². The molecule has 0 radical (unpaired) electrons. The second-order valence-corrected chi connectivity index (χ2v) is 8.95. The van der Waals surface area contributed by atoms with Crippen LogP contribution in [0.2, 0.25) is 0 Å². The molecule has 1 aliphatic rings. The first kappa shape index (κ1) is 22.5. The Balaban J connectivity index is 2.27. The predicted molar refractivity (Wildman–Crippen MR) is 109 cm³/mol. The third-order valence-electron chi connectivity index (χ3n) is 4.03. The fraction of sp³-hybridized carbons (Fsp3) is 0.500. The lowest BCUT2D eigenvalue weighted by atomic mass is 9.93. The first-order chi connectivity index (χ1) is 13.4. The van der Waals surface area contributed by atoms with Gasteiger partial charge in [-0.15, -0.1) is 0 Å². The molecule has 1 aromatic carbocycles. The van der Waals surface area contributed by atoms with Gasteiger partial charge in [0.2, 0.25) is 0 Å². The van der Waals surface area contributed by atoms with Gasteiger partial charge in [0.25, 0.3) is 0 Å². The predicted octanol–water partition coefficient (Wildman–Crippen LogP) is 4.49. The van der Waals surface area contributed by atoms with Gasteiger partial charge in [-0.1, -0.05) is 42.5 Å². The van der Waals surface area contributed by atoms with Crippen LogP contribution in [0.4, 0.5) is 9.59 Å². The summed E-state index contributed by atoms with van der Waals surface area (Å²) in [4.78, 5) is 38.2. The van der Waals surface area contributed by atoms with E-state index in [0.717, 1.165) is 5.01 Å². The van der Waals surface area contributed by atoms with E-state index < -0.39 is 35.3 Å². The molecule has 2 atom stereocenters. The van der Waals surface area contributed by atoms with Gasteiger partial charge in [0, 0.05) is 5.56 Å². The number of ether oxygens (including phenoxy) is 2. The number of nitrogens with zero attached hydrogens (tertiary/aromatic N) is 1. The fourth-order valence-corrected chi connectivity index (χ4v) is 2.94. The average Bonchev–Trinajstić information content (AvgIpc) is 3.06. The third-order valence-corrected chi connectivity index (χ3v) is 4.03. The molecule has 0 heterocycles. The van der Waals surface area contributed by atoms with Crippen LogP contribution >= 0.6 is 0 Å². The fourth-order valence-electron chi connectivity index (χ4n) is 2.94. The Hall–Kier alpha value is -2.83. The van der Waals surface area contributed by atoms with E-state index in [1.807, 2.05) is 12.1 Å². The van der Waals surface area contributed by atoms with Gasteiger partial charge in [0.05, 0.1) is 12.0 Å². The van der Waals surface area contributed by atoms with Crippen LogP contribution in [0.25, 0.3) is 0 Å². The molecule has 0 saturated carbocycles. The minimum absolute atomic E-state index is 0.135. The molecule has 1 aliphatic carbocycles. The minimum atomic E-state index is -0.791. The van der Waals surface area contributed by atoms with Crippen molar-refractivity contribution in [3.8, 4) is 0 Å². The van der Waals surface area contributed by atoms with E-state index >= 15 is 0 Å². The summed E-state index contributed by atoms with van der Waals surface area (Å²) < 4.78 is 10.7. The summed E-state index contributed by atoms with van der Waals surface area (Å²) in [5.41, 5.74) is 1.51. The van der Waals surface area contributed by atoms with E-state index in [0.29, 0.717) is 12.0 Å². The lowest BCUT2D eigenvalue weighted by molar-refractivity contribution is -0.0120. The van der Waals surface area contributed by atoms with Crippen LogP contribution in [-0.4, -0.2) is 40.2 Å². The van der Waals surface area contributed by atoms with Gasteiger partial charge in [0.1, 0.15) is 11.2 Å².